The molecule has 1 aliphatic heterocycles. The Morgan fingerprint density at radius 2 is 1.80 bits per heavy atom. The van der Waals surface area contributed by atoms with Gasteiger partial charge in [-0.1, -0.05) is 39.8 Å². The lowest BCUT2D eigenvalue weighted by Gasteiger charge is -2.35. The number of Topliss-reactive ketones (excluding diaryl/α,β-unsaturated/α-hetero) is 1. The summed E-state index contributed by atoms with van der Waals surface area (Å²) in [7, 11) is -3.72. The van der Waals surface area contributed by atoms with E-state index in [0.29, 0.717) is 50.6 Å². The van der Waals surface area contributed by atoms with Crippen molar-refractivity contribution in [2.75, 3.05) is 6.54 Å². The Kier molecular flexibility index (Phi) is 8.80. The van der Waals surface area contributed by atoms with Gasteiger partial charge in [0.2, 0.25) is 5.78 Å². The maximum atomic E-state index is 14.2. The number of rotatable bonds is 11. The summed E-state index contributed by atoms with van der Waals surface area (Å²) in [6.07, 6.45) is 9.89. The van der Waals surface area contributed by atoms with Gasteiger partial charge in [0.15, 0.2) is 9.84 Å². The summed E-state index contributed by atoms with van der Waals surface area (Å²) in [4.78, 5) is 36.2. The Balaban J connectivity index is 1.96. The number of sulfone groups is 1. The molecule has 35 heavy (non-hydrogen) atoms. The molecule has 0 radical (unpaired) electrons. The molecule has 1 fully saturated rings. The number of amides is 1. The van der Waals surface area contributed by atoms with Crippen molar-refractivity contribution in [1.82, 2.24) is 14.9 Å². The molecule has 7 nitrogen and oxygen atoms in total. The SMILES string of the molecule is CCC(CCc1cccnc1)S(=O)(=O)C(c1cccnc1)[C@@H]1CCCN1C(=O)C(=O)C(C)(C)CC. The molecule has 8 heteroatoms. The maximum absolute atomic E-state index is 14.2. The van der Waals surface area contributed by atoms with Gasteiger partial charge in [0.05, 0.1) is 11.3 Å². The van der Waals surface area contributed by atoms with Gasteiger partial charge < -0.3 is 4.90 Å². The second-order valence-corrected chi connectivity index (χ2v) is 12.4. The second kappa shape index (κ2) is 11.4. The largest absolute Gasteiger partial charge is 0.331 e. The molecule has 1 aliphatic rings. The van der Waals surface area contributed by atoms with Gasteiger partial charge in [0, 0.05) is 36.7 Å². The Bertz CT molecular complexity index is 1100. The zero-order valence-corrected chi connectivity index (χ0v) is 22.0. The van der Waals surface area contributed by atoms with Crippen LogP contribution in [0, 0.1) is 5.41 Å². The molecule has 3 heterocycles. The van der Waals surface area contributed by atoms with Crippen molar-refractivity contribution in [3.63, 3.8) is 0 Å². The number of ketones is 1. The van der Waals surface area contributed by atoms with Crippen LogP contribution in [0.5, 0.6) is 0 Å². The minimum atomic E-state index is -3.72. The number of carbonyl (C=O) groups is 2. The molecule has 1 amide bonds. The molecule has 3 rings (SSSR count). The number of carbonyl (C=O) groups excluding carboxylic acids is 2. The highest BCUT2D eigenvalue weighted by molar-refractivity contribution is 7.92. The molecular formula is C27H37N3O4S. The smallest absolute Gasteiger partial charge is 0.290 e. The second-order valence-electron chi connectivity index (χ2n) is 10.0. The minimum Gasteiger partial charge on any atom is -0.331 e. The molecule has 0 N–H and O–H groups in total. The first-order valence-corrected chi connectivity index (χ1v) is 14.1. The van der Waals surface area contributed by atoms with E-state index in [1.165, 1.54) is 4.90 Å². The van der Waals surface area contributed by atoms with Crippen LogP contribution < -0.4 is 0 Å². The van der Waals surface area contributed by atoms with Crippen molar-refractivity contribution in [3.8, 4) is 0 Å². The lowest BCUT2D eigenvalue weighted by Crippen LogP contribution is -2.48. The third-order valence-corrected chi connectivity index (χ3v) is 10.2. The van der Waals surface area contributed by atoms with Gasteiger partial charge in [-0.2, -0.15) is 0 Å². The van der Waals surface area contributed by atoms with E-state index < -0.39 is 43.5 Å². The van der Waals surface area contributed by atoms with E-state index in [0.717, 1.165) is 5.56 Å². The van der Waals surface area contributed by atoms with Crippen molar-refractivity contribution >= 4 is 21.5 Å². The Morgan fingerprint density at radius 1 is 1.11 bits per heavy atom. The Hall–Kier alpha value is -2.61. The average molecular weight is 500 g/mol. The van der Waals surface area contributed by atoms with Crippen LogP contribution >= 0.6 is 0 Å². The van der Waals surface area contributed by atoms with Crippen molar-refractivity contribution in [2.24, 2.45) is 5.41 Å². The highest BCUT2D eigenvalue weighted by atomic mass is 32.2. The van der Waals surface area contributed by atoms with Crippen LogP contribution in [0.25, 0.3) is 0 Å². The monoisotopic (exact) mass is 499 g/mol. The predicted molar refractivity (Wildman–Crippen MR) is 136 cm³/mol. The summed E-state index contributed by atoms with van der Waals surface area (Å²) in [5, 5.41) is -1.52. The summed E-state index contributed by atoms with van der Waals surface area (Å²) in [5.41, 5.74) is 0.770. The molecule has 190 valence electrons. The van der Waals surface area contributed by atoms with E-state index in [-0.39, 0.29) is 0 Å². The zero-order chi connectivity index (χ0) is 25.6. The molecule has 1 saturated heterocycles. The van der Waals surface area contributed by atoms with Gasteiger partial charge in [0.25, 0.3) is 5.91 Å². The number of likely N-dealkylation sites (tertiary alicyclic amines) is 1. The van der Waals surface area contributed by atoms with E-state index >= 15 is 0 Å². The first-order valence-electron chi connectivity index (χ1n) is 12.5. The number of aromatic nitrogens is 2. The van der Waals surface area contributed by atoms with Gasteiger partial charge >= 0.3 is 0 Å². The first kappa shape index (κ1) is 27.0. The fraction of sp³-hybridized carbons (Fsp3) is 0.556. The number of nitrogens with zero attached hydrogens (tertiary/aromatic N) is 3. The molecule has 0 spiro atoms. The molecule has 2 aromatic rings. The number of hydrogen-bond acceptors (Lipinski definition) is 6. The molecule has 2 unspecified atom stereocenters. The van der Waals surface area contributed by atoms with Gasteiger partial charge in [-0.15, -0.1) is 0 Å². The van der Waals surface area contributed by atoms with E-state index in [2.05, 4.69) is 9.97 Å². The van der Waals surface area contributed by atoms with E-state index in [4.69, 9.17) is 0 Å². The minimum absolute atomic E-state index is 0.383. The molecular weight excluding hydrogens is 462 g/mol. The van der Waals surface area contributed by atoms with Gasteiger partial charge in [0.1, 0.15) is 5.25 Å². The fourth-order valence-electron chi connectivity index (χ4n) is 4.80. The Morgan fingerprint density at radius 3 is 2.37 bits per heavy atom. The van der Waals surface area contributed by atoms with Crippen LogP contribution in [0.1, 0.15) is 76.2 Å². The fourth-order valence-corrected chi connectivity index (χ4v) is 7.36. The molecule has 0 bridgehead atoms. The zero-order valence-electron chi connectivity index (χ0n) is 21.2. The van der Waals surface area contributed by atoms with Crippen LogP contribution in [0.15, 0.2) is 49.1 Å². The van der Waals surface area contributed by atoms with E-state index in [9.17, 15) is 18.0 Å². The molecule has 3 atom stereocenters. The quantitative estimate of drug-likeness (QED) is 0.427. The van der Waals surface area contributed by atoms with E-state index in [1.54, 1.807) is 50.8 Å². The standard InChI is InChI=1S/C27H37N3O4S/c1-5-22(14-13-20-10-7-15-28-18-20)35(33,34)24(21-11-8-16-29-19-21)23-12-9-17-30(23)26(32)25(31)27(3,4)6-2/h7-8,10-11,15-16,18-19,22-24H,5-6,9,12-14,17H2,1-4H3/t22?,23-,24?/m0/s1. The Labute approximate surface area is 209 Å². The first-order chi connectivity index (χ1) is 16.6. The third-order valence-electron chi connectivity index (χ3n) is 7.37. The van der Waals surface area contributed by atoms with Gasteiger partial charge in [-0.3, -0.25) is 19.6 Å². The molecule has 0 aliphatic carbocycles. The molecule has 0 aromatic carbocycles. The van der Waals surface area contributed by atoms with Crippen LogP contribution in [-0.2, 0) is 25.8 Å². The number of pyridine rings is 2. The van der Waals surface area contributed by atoms with Crippen LogP contribution in [-0.4, -0.2) is 52.8 Å². The van der Waals surface area contributed by atoms with Crippen LogP contribution in [0.4, 0.5) is 0 Å². The van der Waals surface area contributed by atoms with Crippen molar-refractivity contribution in [2.45, 2.75) is 82.8 Å². The highest BCUT2D eigenvalue weighted by Gasteiger charge is 2.47. The lowest BCUT2D eigenvalue weighted by molar-refractivity contribution is -0.149. The highest BCUT2D eigenvalue weighted by Crippen LogP contribution is 2.39. The number of hydrogen-bond donors (Lipinski definition) is 0. The maximum Gasteiger partial charge on any atom is 0.290 e. The average Bonchev–Trinajstić information content (AvgIpc) is 3.33. The molecule has 2 aromatic heterocycles. The van der Waals surface area contributed by atoms with Crippen LogP contribution in [0.2, 0.25) is 0 Å². The summed E-state index contributed by atoms with van der Waals surface area (Å²) in [6, 6.07) is 6.69. The summed E-state index contributed by atoms with van der Waals surface area (Å²) < 4.78 is 28.4. The lowest BCUT2D eigenvalue weighted by atomic mass is 9.84. The van der Waals surface area contributed by atoms with Crippen molar-refractivity contribution in [3.05, 3.63) is 60.2 Å². The van der Waals surface area contributed by atoms with Crippen molar-refractivity contribution < 1.29 is 18.0 Å². The van der Waals surface area contributed by atoms with Gasteiger partial charge in [-0.05, 0) is 61.8 Å². The van der Waals surface area contributed by atoms with Crippen LogP contribution in [0.3, 0.4) is 0 Å². The predicted octanol–water partition coefficient (Wildman–Crippen LogP) is 4.34. The van der Waals surface area contributed by atoms with E-state index in [1.807, 2.05) is 26.0 Å². The normalized spacial score (nSPS) is 18.3. The topological polar surface area (TPSA) is 97.3 Å². The molecule has 0 saturated carbocycles. The number of aryl methyl sites for hydroxylation is 1. The summed E-state index contributed by atoms with van der Waals surface area (Å²) in [5.74, 6) is -1.04. The third kappa shape index (κ3) is 5.97. The van der Waals surface area contributed by atoms with Gasteiger partial charge in [-0.25, -0.2) is 8.42 Å². The summed E-state index contributed by atoms with van der Waals surface area (Å²) in [6.45, 7) is 7.67. The van der Waals surface area contributed by atoms with Crippen molar-refractivity contribution in [1.29, 1.82) is 0 Å². The summed E-state index contributed by atoms with van der Waals surface area (Å²) >= 11 is 0.